The minimum atomic E-state index is 0.0180. The van der Waals surface area contributed by atoms with Crippen LogP contribution in [-0.2, 0) is 9.59 Å². The number of rotatable bonds is 5. The molecule has 6 nitrogen and oxygen atoms in total. The Hall–Kier alpha value is -2.08. The Labute approximate surface area is 167 Å². The fraction of sp³-hybridized carbons (Fsp3) is 0.636. The number of amides is 2. The average molecular weight is 385 g/mol. The molecule has 2 saturated heterocycles. The topological polar surface area (TPSA) is 55.9 Å². The molecule has 4 rings (SSSR count). The van der Waals surface area contributed by atoms with E-state index in [2.05, 4.69) is 27.2 Å². The van der Waals surface area contributed by atoms with Gasteiger partial charge in [0.15, 0.2) is 0 Å². The van der Waals surface area contributed by atoms with Gasteiger partial charge >= 0.3 is 0 Å². The van der Waals surface area contributed by atoms with E-state index in [-0.39, 0.29) is 11.8 Å². The van der Waals surface area contributed by atoms with E-state index in [1.54, 1.807) is 0 Å². The van der Waals surface area contributed by atoms with Crippen molar-refractivity contribution in [1.82, 2.24) is 9.80 Å². The van der Waals surface area contributed by atoms with Crippen molar-refractivity contribution in [3.05, 3.63) is 24.3 Å². The standard InChI is InChI=1S/C22H32N4O2/c27-21(17-24-13-15-26(16-14-24)22(28)18-5-6-18)23-19-7-9-20(10-8-19)25-11-3-1-2-4-12-25/h7-10,18H,1-6,11-17H2,(H,23,27). The molecule has 1 aromatic carbocycles. The first-order chi connectivity index (χ1) is 13.7. The Balaban J connectivity index is 1.22. The number of hydrogen-bond donors (Lipinski definition) is 1. The number of nitrogens with one attached hydrogen (secondary N) is 1. The lowest BCUT2D eigenvalue weighted by Crippen LogP contribution is -2.50. The Morgan fingerprint density at radius 3 is 2.11 bits per heavy atom. The van der Waals surface area contributed by atoms with Crippen LogP contribution in [0.4, 0.5) is 11.4 Å². The third kappa shape index (κ3) is 5.04. The van der Waals surface area contributed by atoms with Crippen molar-refractivity contribution in [1.29, 1.82) is 0 Å². The first kappa shape index (κ1) is 19.2. The molecule has 1 N–H and O–H groups in total. The number of nitrogens with zero attached hydrogens (tertiary/aromatic N) is 3. The molecule has 3 fully saturated rings. The average Bonchev–Trinajstić information content (AvgIpc) is 3.56. The maximum absolute atomic E-state index is 12.4. The molecule has 1 saturated carbocycles. The van der Waals surface area contributed by atoms with Gasteiger partial charge in [-0.05, 0) is 49.9 Å². The van der Waals surface area contributed by atoms with Crippen LogP contribution in [0.2, 0.25) is 0 Å². The monoisotopic (exact) mass is 384 g/mol. The number of benzene rings is 1. The van der Waals surface area contributed by atoms with Crippen molar-refractivity contribution in [2.24, 2.45) is 5.92 Å². The number of carbonyl (C=O) groups is 2. The van der Waals surface area contributed by atoms with Crippen LogP contribution in [0.5, 0.6) is 0 Å². The lowest BCUT2D eigenvalue weighted by Gasteiger charge is -2.34. The Kier molecular flexibility index (Phi) is 6.15. The second kappa shape index (κ2) is 8.95. The molecule has 2 aliphatic heterocycles. The molecule has 3 aliphatic rings. The molecule has 2 amide bonds. The minimum absolute atomic E-state index is 0.0180. The van der Waals surface area contributed by atoms with Crippen molar-refractivity contribution in [2.75, 3.05) is 56.0 Å². The molecule has 0 aromatic heterocycles. The SMILES string of the molecule is O=C(CN1CCN(C(=O)C2CC2)CC1)Nc1ccc(N2CCCCCC2)cc1. The summed E-state index contributed by atoms with van der Waals surface area (Å²) in [4.78, 5) is 31.1. The molecule has 6 heteroatoms. The van der Waals surface area contributed by atoms with Gasteiger partial charge in [0.05, 0.1) is 6.54 Å². The van der Waals surface area contributed by atoms with E-state index in [9.17, 15) is 9.59 Å². The molecule has 0 unspecified atom stereocenters. The van der Waals surface area contributed by atoms with Crippen LogP contribution in [0.15, 0.2) is 24.3 Å². The van der Waals surface area contributed by atoms with Crippen LogP contribution in [0.3, 0.4) is 0 Å². The maximum atomic E-state index is 12.4. The van der Waals surface area contributed by atoms with Gasteiger partial charge < -0.3 is 15.1 Å². The van der Waals surface area contributed by atoms with E-state index in [0.717, 1.165) is 57.8 Å². The third-order valence-electron chi connectivity index (χ3n) is 6.10. The van der Waals surface area contributed by atoms with Gasteiger partial charge in [0.1, 0.15) is 0 Å². The van der Waals surface area contributed by atoms with E-state index in [1.165, 1.54) is 31.4 Å². The van der Waals surface area contributed by atoms with Gasteiger partial charge in [0.25, 0.3) is 0 Å². The third-order valence-corrected chi connectivity index (χ3v) is 6.10. The molecule has 152 valence electrons. The summed E-state index contributed by atoms with van der Waals surface area (Å²) in [7, 11) is 0. The maximum Gasteiger partial charge on any atom is 0.238 e. The summed E-state index contributed by atoms with van der Waals surface area (Å²) in [6, 6.07) is 8.24. The van der Waals surface area contributed by atoms with Crippen LogP contribution < -0.4 is 10.2 Å². The molecule has 0 atom stereocenters. The smallest absolute Gasteiger partial charge is 0.238 e. The van der Waals surface area contributed by atoms with E-state index in [1.807, 2.05) is 17.0 Å². The van der Waals surface area contributed by atoms with Gasteiger partial charge in [-0.1, -0.05) is 12.8 Å². The summed E-state index contributed by atoms with van der Waals surface area (Å²) >= 11 is 0. The Morgan fingerprint density at radius 1 is 0.857 bits per heavy atom. The van der Waals surface area contributed by atoms with Crippen molar-refractivity contribution in [3.8, 4) is 0 Å². The molecule has 2 heterocycles. The predicted molar refractivity (Wildman–Crippen MR) is 111 cm³/mol. The minimum Gasteiger partial charge on any atom is -0.372 e. The molecule has 1 aromatic rings. The molecule has 28 heavy (non-hydrogen) atoms. The Morgan fingerprint density at radius 2 is 1.50 bits per heavy atom. The predicted octanol–water partition coefficient (Wildman–Crippen LogP) is 2.56. The number of piperazine rings is 1. The van der Waals surface area contributed by atoms with Gasteiger partial charge in [-0.15, -0.1) is 0 Å². The van der Waals surface area contributed by atoms with E-state index in [0.29, 0.717) is 12.5 Å². The van der Waals surface area contributed by atoms with Gasteiger partial charge in [-0.3, -0.25) is 14.5 Å². The molecule has 1 aliphatic carbocycles. The van der Waals surface area contributed by atoms with Gasteiger partial charge in [-0.2, -0.15) is 0 Å². The number of carbonyl (C=O) groups excluding carboxylic acids is 2. The second-order valence-corrected chi connectivity index (χ2v) is 8.37. The highest BCUT2D eigenvalue weighted by Crippen LogP contribution is 2.31. The first-order valence-electron chi connectivity index (χ1n) is 10.8. The zero-order chi connectivity index (χ0) is 19.3. The van der Waals surface area contributed by atoms with Crippen molar-refractivity contribution < 1.29 is 9.59 Å². The summed E-state index contributed by atoms with van der Waals surface area (Å²) in [6.45, 7) is 5.68. The molecular weight excluding hydrogens is 352 g/mol. The van der Waals surface area contributed by atoms with Crippen LogP contribution in [0.25, 0.3) is 0 Å². The Bertz CT molecular complexity index is 670. The number of anilines is 2. The first-order valence-corrected chi connectivity index (χ1v) is 10.8. The summed E-state index contributed by atoms with van der Waals surface area (Å²) in [5.41, 5.74) is 2.10. The van der Waals surface area contributed by atoms with Crippen LogP contribution >= 0.6 is 0 Å². The fourth-order valence-electron chi connectivity index (χ4n) is 4.20. The highest BCUT2D eigenvalue weighted by Gasteiger charge is 2.34. The lowest BCUT2D eigenvalue weighted by atomic mass is 10.2. The second-order valence-electron chi connectivity index (χ2n) is 8.37. The van der Waals surface area contributed by atoms with E-state index in [4.69, 9.17) is 0 Å². The lowest BCUT2D eigenvalue weighted by molar-refractivity contribution is -0.134. The van der Waals surface area contributed by atoms with Crippen LogP contribution in [-0.4, -0.2) is 67.4 Å². The van der Waals surface area contributed by atoms with Gasteiger partial charge in [-0.25, -0.2) is 0 Å². The summed E-state index contributed by atoms with van der Waals surface area (Å²) in [5.74, 6) is 0.616. The zero-order valence-corrected chi connectivity index (χ0v) is 16.7. The van der Waals surface area contributed by atoms with Gasteiger partial charge in [0.2, 0.25) is 11.8 Å². The largest absolute Gasteiger partial charge is 0.372 e. The molecule has 0 spiro atoms. The highest BCUT2D eigenvalue weighted by atomic mass is 16.2. The van der Waals surface area contributed by atoms with Crippen molar-refractivity contribution in [2.45, 2.75) is 38.5 Å². The van der Waals surface area contributed by atoms with Gasteiger partial charge in [0, 0.05) is 56.6 Å². The zero-order valence-electron chi connectivity index (χ0n) is 16.7. The normalized spacial score (nSPS) is 21.3. The van der Waals surface area contributed by atoms with E-state index < -0.39 is 0 Å². The number of hydrogen-bond acceptors (Lipinski definition) is 4. The fourth-order valence-corrected chi connectivity index (χ4v) is 4.20. The molecule has 0 bridgehead atoms. The van der Waals surface area contributed by atoms with E-state index >= 15 is 0 Å². The van der Waals surface area contributed by atoms with Crippen LogP contribution in [0.1, 0.15) is 38.5 Å². The summed E-state index contributed by atoms with van der Waals surface area (Å²) in [5, 5.41) is 3.01. The molecule has 0 radical (unpaired) electrons. The van der Waals surface area contributed by atoms with Crippen molar-refractivity contribution >= 4 is 23.2 Å². The van der Waals surface area contributed by atoms with Crippen molar-refractivity contribution in [3.63, 3.8) is 0 Å². The van der Waals surface area contributed by atoms with Crippen LogP contribution in [0, 0.1) is 5.92 Å². The summed E-state index contributed by atoms with van der Waals surface area (Å²) in [6.07, 6.45) is 7.29. The highest BCUT2D eigenvalue weighted by molar-refractivity contribution is 5.92. The quantitative estimate of drug-likeness (QED) is 0.848. The molecular formula is C22H32N4O2. The summed E-state index contributed by atoms with van der Waals surface area (Å²) < 4.78 is 0.